The van der Waals surface area contributed by atoms with Crippen LogP contribution in [0.2, 0.25) is 10.0 Å². The van der Waals surface area contributed by atoms with Gasteiger partial charge in [0.25, 0.3) is 0 Å². The smallest absolute Gasteiger partial charge is 0.196 e. The highest BCUT2D eigenvalue weighted by molar-refractivity contribution is 6.44. The summed E-state index contributed by atoms with van der Waals surface area (Å²) < 4.78 is 0. The number of para-hydroxylation sites is 1. The van der Waals surface area contributed by atoms with Crippen molar-refractivity contribution in [2.45, 2.75) is 20.3 Å². The quantitative estimate of drug-likeness (QED) is 0.624. The van der Waals surface area contributed by atoms with Gasteiger partial charge in [0.15, 0.2) is 5.78 Å². The molecule has 0 aliphatic carbocycles. The second-order valence-corrected chi connectivity index (χ2v) is 6.03. The Morgan fingerprint density at radius 1 is 1.14 bits per heavy atom. The van der Waals surface area contributed by atoms with Gasteiger partial charge in [-0.25, -0.2) is 0 Å². The van der Waals surface area contributed by atoms with Crippen LogP contribution in [0.5, 0.6) is 0 Å². The summed E-state index contributed by atoms with van der Waals surface area (Å²) >= 11 is 12.2. The molecule has 2 aromatic carbocycles. The second-order valence-electron chi connectivity index (χ2n) is 5.25. The van der Waals surface area contributed by atoms with Crippen LogP contribution in [-0.4, -0.2) is 10.8 Å². The van der Waals surface area contributed by atoms with Gasteiger partial charge in [-0.3, -0.25) is 4.79 Å². The molecule has 0 atom stereocenters. The number of rotatable bonds is 3. The van der Waals surface area contributed by atoms with E-state index in [1.165, 1.54) is 5.56 Å². The largest absolute Gasteiger partial charge is 0.358 e. The summed E-state index contributed by atoms with van der Waals surface area (Å²) in [5.74, 6) is -0.107. The first-order valence-electron chi connectivity index (χ1n) is 7.13. The molecule has 0 aliphatic heterocycles. The standard InChI is InChI=1S/C18H15Cl2NO/c1-3-11-6-4-7-12-15(10(2)21-17(11)12)18(22)13-8-5-9-14(19)16(13)20/h4-9,21H,3H2,1-2H3. The molecule has 1 heterocycles. The monoisotopic (exact) mass is 331 g/mol. The van der Waals surface area contributed by atoms with E-state index in [4.69, 9.17) is 23.2 Å². The lowest BCUT2D eigenvalue weighted by Gasteiger charge is -2.06. The maximum absolute atomic E-state index is 13.0. The maximum Gasteiger partial charge on any atom is 0.196 e. The molecule has 0 spiro atoms. The van der Waals surface area contributed by atoms with Crippen molar-refractivity contribution >= 4 is 39.9 Å². The van der Waals surface area contributed by atoms with Crippen LogP contribution in [-0.2, 0) is 6.42 Å². The lowest BCUT2D eigenvalue weighted by molar-refractivity contribution is 0.104. The average Bonchev–Trinajstić information content (AvgIpc) is 2.85. The van der Waals surface area contributed by atoms with Crippen molar-refractivity contribution in [3.63, 3.8) is 0 Å². The van der Waals surface area contributed by atoms with E-state index in [2.05, 4.69) is 18.0 Å². The van der Waals surface area contributed by atoms with Crippen molar-refractivity contribution in [2.75, 3.05) is 0 Å². The van der Waals surface area contributed by atoms with Crippen LogP contribution < -0.4 is 0 Å². The molecule has 3 rings (SSSR count). The van der Waals surface area contributed by atoms with Crippen LogP contribution in [0.25, 0.3) is 10.9 Å². The highest BCUT2D eigenvalue weighted by atomic mass is 35.5. The molecular formula is C18H15Cl2NO. The van der Waals surface area contributed by atoms with E-state index >= 15 is 0 Å². The molecule has 0 fully saturated rings. The van der Waals surface area contributed by atoms with Gasteiger partial charge in [-0.1, -0.05) is 54.4 Å². The first-order valence-corrected chi connectivity index (χ1v) is 7.89. The van der Waals surface area contributed by atoms with Gasteiger partial charge >= 0.3 is 0 Å². The number of aromatic amines is 1. The molecule has 0 radical (unpaired) electrons. The van der Waals surface area contributed by atoms with Gasteiger partial charge in [-0.05, 0) is 31.0 Å². The number of carbonyl (C=O) groups is 1. The zero-order valence-corrected chi connectivity index (χ0v) is 13.8. The Bertz CT molecular complexity index is 880. The molecule has 2 nitrogen and oxygen atoms in total. The molecule has 1 N–H and O–H groups in total. The normalized spacial score (nSPS) is 11.1. The predicted molar refractivity (Wildman–Crippen MR) is 92.3 cm³/mol. The van der Waals surface area contributed by atoms with Crippen LogP contribution in [0.1, 0.15) is 34.1 Å². The molecule has 1 aromatic heterocycles. The second kappa shape index (κ2) is 5.79. The van der Waals surface area contributed by atoms with E-state index < -0.39 is 0 Å². The topological polar surface area (TPSA) is 32.9 Å². The number of benzene rings is 2. The fourth-order valence-electron chi connectivity index (χ4n) is 2.81. The van der Waals surface area contributed by atoms with Crippen LogP contribution in [0, 0.1) is 6.92 Å². The Hall–Kier alpha value is -1.77. The predicted octanol–water partition coefficient (Wildman–Crippen LogP) is 5.58. The van der Waals surface area contributed by atoms with E-state index in [0.29, 0.717) is 21.2 Å². The van der Waals surface area contributed by atoms with E-state index in [1.807, 2.05) is 19.1 Å². The van der Waals surface area contributed by atoms with Crippen molar-refractivity contribution in [3.05, 3.63) is 68.8 Å². The Balaban J connectivity index is 2.24. The summed E-state index contributed by atoms with van der Waals surface area (Å²) in [6.07, 6.45) is 0.906. The average molecular weight is 332 g/mol. The molecule has 0 unspecified atom stereocenters. The fraction of sp³-hybridized carbons (Fsp3) is 0.167. The number of hydrogen-bond donors (Lipinski definition) is 1. The van der Waals surface area contributed by atoms with Gasteiger partial charge in [0.05, 0.1) is 15.6 Å². The number of aryl methyl sites for hydroxylation is 2. The zero-order chi connectivity index (χ0) is 15.9. The molecule has 22 heavy (non-hydrogen) atoms. The van der Waals surface area contributed by atoms with Crippen LogP contribution >= 0.6 is 23.2 Å². The fourth-order valence-corrected chi connectivity index (χ4v) is 3.20. The molecular weight excluding hydrogens is 317 g/mol. The number of H-pyrrole nitrogens is 1. The Labute approximate surface area is 139 Å². The molecule has 3 aromatic rings. The third-order valence-corrected chi connectivity index (χ3v) is 4.73. The van der Waals surface area contributed by atoms with Crippen LogP contribution in [0.15, 0.2) is 36.4 Å². The summed E-state index contributed by atoms with van der Waals surface area (Å²) in [6, 6.07) is 11.1. The Kier molecular flexibility index (Phi) is 3.98. The highest BCUT2D eigenvalue weighted by Crippen LogP contribution is 2.32. The summed E-state index contributed by atoms with van der Waals surface area (Å²) in [7, 11) is 0. The van der Waals surface area contributed by atoms with Crippen molar-refractivity contribution in [1.29, 1.82) is 0 Å². The minimum Gasteiger partial charge on any atom is -0.358 e. The van der Waals surface area contributed by atoms with Gasteiger partial charge in [-0.2, -0.15) is 0 Å². The summed E-state index contributed by atoms with van der Waals surface area (Å²) in [6.45, 7) is 4.01. The molecule has 0 saturated heterocycles. The zero-order valence-electron chi connectivity index (χ0n) is 12.3. The summed E-state index contributed by atoms with van der Waals surface area (Å²) in [5.41, 5.74) is 4.15. The number of hydrogen-bond acceptors (Lipinski definition) is 1. The maximum atomic E-state index is 13.0. The van der Waals surface area contributed by atoms with Crippen molar-refractivity contribution in [2.24, 2.45) is 0 Å². The molecule has 112 valence electrons. The van der Waals surface area contributed by atoms with Gasteiger partial charge in [-0.15, -0.1) is 0 Å². The summed E-state index contributed by atoms with van der Waals surface area (Å²) in [4.78, 5) is 16.3. The number of ketones is 1. The SMILES string of the molecule is CCc1cccc2c(C(=O)c3cccc(Cl)c3Cl)c(C)[nH]c12. The van der Waals surface area contributed by atoms with E-state index in [1.54, 1.807) is 18.2 Å². The Morgan fingerprint density at radius 3 is 2.59 bits per heavy atom. The molecule has 0 bridgehead atoms. The van der Waals surface area contributed by atoms with Gasteiger partial charge in [0.2, 0.25) is 0 Å². The van der Waals surface area contributed by atoms with Crippen molar-refractivity contribution in [3.8, 4) is 0 Å². The molecule has 0 aliphatic rings. The minimum atomic E-state index is -0.107. The number of aromatic nitrogens is 1. The third-order valence-electron chi connectivity index (χ3n) is 3.91. The minimum absolute atomic E-state index is 0.107. The first kappa shape index (κ1) is 15.1. The van der Waals surface area contributed by atoms with Gasteiger partial charge in [0.1, 0.15) is 0 Å². The van der Waals surface area contributed by atoms with Crippen molar-refractivity contribution < 1.29 is 4.79 Å². The first-order chi connectivity index (χ1) is 10.5. The molecule has 0 amide bonds. The van der Waals surface area contributed by atoms with Gasteiger partial charge < -0.3 is 4.98 Å². The van der Waals surface area contributed by atoms with Gasteiger partial charge in [0, 0.05) is 22.2 Å². The lowest BCUT2D eigenvalue weighted by Crippen LogP contribution is -2.03. The molecule has 4 heteroatoms. The van der Waals surface area contributed by atoms with Crippen LogP contribution in [0.3, 0.4) is 0 Å². The van der Waals surface area contributed by atoms with Crippen molar-refractivity contribution in [1.82, 2.24) is 4.98 Å². The highest BCUT2D eigenvalue weighted by Gasteiger charge is 2.21. The summed E-state index contributed by atoms with van der Waals surface area (Å²) in [5, 5.41) is 1.62. The van der Waals surface area contributed by atoms with E-state index in [0.717, 1.165) is 23.0 Å². The Morgan fingerprint density at radius 2 is 1.86 bits per heavy atom. The van der Waals surface area contributed by atoms with E-state index in [-0.39, 0.29) is 5.78 Å². The number of halogens is 2. The third kappa shape index (κ3) is 2.33. The number of nitrogens with one attached hydrogen (secondary N) is 1. The van der Waals surface area contributed by atoms with E-state index in [9.17, 15) is 4.79 Å². The molecule has 0 saturated carbocycles. The lowest BCUT2D eigenvalue weighted by atomic mass is 9.99. The number of carbonyl (C=O) groups excluding carboxylic acids is 1. The number of fused-ring (bicyclic) bond motifs is 1. The van der Waals surface area contributed by atoms with Crippen LogP contribution in [0.4, 0.5) is 0 Å².